The van der Waals surface area contributed by atoms with Gasteiger partial charge in [-0.15, -0.1) is 0 Å². The Morgan fingerprint density at radius 3 is 1.88 bits per heavy atom. The predicted octanol–water partition coefficient (Wildman–Crippen LogP) is 11.1. The number of aliphatic hydroxyl groups excluding tert-OH is 1. The monoisotopic (exact) mass is 809 g/mol. The Kier molecular flexibility index (Phi) is 32.0. The number of rotatable bonds is 37. The Labute approximate surface area is 339 Å². The molecule has 1 aliphatic carbocycles. The summed E-state index contributed by atoms with van der Waals surface area (Å²) in [5.41, 5.74) is 0. The van der Waals surface area contributed by atoms with E-state index >= 15 is 0 Å². The first-order valence-corrected chi connectivity index (χ1v) is 23.5. The Balaban J connectivity index is 2.21. The number of hydrogen-bond donors (Lipinski definition) is 3. The number of ketones is 1. The SMILES string of the molecule is CCCCCCCC/C=C\CCCCCCCCCCCC(=O)OC[C@H](COP(=O)(O)O)OC(=O)CCC/C=C\C[C@H]1C=CC(=O)[C@@H]1/C=C/[C@@H](O)CCCCC. The second-order valence-corrected chi connectivity index (χ2v) is 16.6. The summed E-state index contributed by atoms with van der Waals surface area (Å²) in [6, 6.07) is 0. The van der Waals surface area contributed by atoms with Crippen LogP contribution in [0.4, 0.5) is 0 Å². The van der Waals surface area contributed by atoms with Crippen molar-refractivity contribution in [3.8, 4) is 0 Å². The second kappa shape index (κ2) is 34.7. The molecule has 1 rings (SSSR count). The van der Waals surface area contributed by atoms with Crippen LogP contribution < -0.4 is 0 Å². The van der Waals surface area contributed by atoms with Crippen molar-refractivity contribution in [1.82, 2.24) is 0 Å². The van der Waals surface area contributed by atoms with E-state index in [-0.39, 0.29) is 37.1 Å². The molecule has 0 fully saturated rings. The topological polar surface area (TPSA) is 157 Å². The molecule has 0 radical (unpaired) electrons. The maximum absolute atomic E-state index is 12.5. The summed E-state index contributed by atoms with van der Waals surface area (Å²) < 4.78 is 26.4. The minimum atomic E-state index is -4.81. The van der Waals surface area contributed by atoms with Crippen LogP contribution in [0.1, 0.15) is 181 Å². The lowest BCUT2D eigenvalue weighted by Gasteiger charge is -2.18. The van der Waals surface area contributed by atoms with Gasteiger partial charge in [-0.25, -0.2) is 4.57 Å². The molecule has 0 saturated carbocycles. The molecule has 0 saturated heterocycles. The number of hydrogen-bond acceptors (Lipinski definition) is 8. The van der Waals surface area contributed by atoms with Crippen LogP contribution >= 0.6 is 7.82 Å². The number of carbonyl (C=O) groups is 3. The number of unbranched alkanes of at least 4 members (excludes halogenated alkanes) is 18. The zero-order chi connectivity index (χ0) is 41.1. The van der Waals surface area contributed by atoms with Gasteiger partial charge in [0.1, 0.15) is 6.61 Å². The van der Waals surface area contributed by atoms with Crippen molar-refractivity contribution < 1.29 is 47.8 Å². The highest BCUT2D eigenvalue weighted by molar-refractivity contribution is 7.46. The molecule has 0 spiro atoms. The molecule has 0 aliphatic heterocycles. The summed E-state index contributed by atoms with van der Waals surface area (Å²) in [4.78, 5) is 55.4. The number of carbonyl (C=O) groups excluding carboxylic acids is 3. The van der Waals surface area contributed by atoms with E-state index in [9.17, 15) is 24.1 Å². The molecular formula is C45H77O10P. The number of aliphatic hydroxyl groups is 1. The number of phosphoric acid groups is 1. The first-order chi connectivity index (χ1) is 27.1. The van der Waals surface area contributed by atoms with Crippen molar-refractivity contribution in [2.45, 2.75) is 193 Å². The third-order valence-electron chi connectivity index (χ3n) is 10.1. The molecule has 11 heteroatoms. The van der Waals surface area contributed by atoms with Gasteiger partial charge in [-0.3, -0.25) is 18.9 Å². The van der Waals surface area contributed by atoms with Crippen molar-refractivity contribution in [3.05, 3.63) is 48.6 Å². The third-order valence-corrected chi connectivity index (χ3v) is 10.6. The van der Waals surface area contributed by atoms with Crippen molar-refractivity contribution in [3.63, 3.8) is 0 Å². The second-order valence-electron chi connectivity index (χ2n) is 15.3. The molecule has 0 amide bonds. The van der Waals surface area contributed by atoms with Gasteiger partial charge in [0.25, 0.3) is 0 Å². The first-order valence-electron chi connectivity index (χ1n) is 22.0. The van der Waals surface area contributed by atoms with E-state index in [1.807, 2.05) is 24.3 Å². The van der Waals surface area contributed by atoms with E-state index in [1.54, 1.807) is 12.2 Å². The van der Waals surface area contributed by atoms with E-state index in [0.29, 0.717) is 32.1 Å². The van der Waals surface area contributed by atoms with Crippen LogP contribution in [0.15, 0.2) is 48.6 Å². The van der Waals surface area contributed by atoms with Crippen molar-refractivity contribution in [1.29, 1.82) is 0 Å². The fourth-order valence-electron chi connectivity index (χ4n) is 6.65. The van der Waals surface area contributed by atoms with Gasteiger partial charge in [0, 0.05) is 18.8 Å². The van der Waals surface area contributed by atoms with Crippen LogP contribution in [-0.4, -0.2) is 58.0 Å². The van der Waals surface area contributed by atoms with Gasteiger partial charge in [-0.1, -0.05) is 153 Å². The summed E-state index contributed by atoms with van der Waals surface area (Å²) in [6.07, 6.45) is 40.3. The normalized spacial score (nSPS) is 17.1. The molecule has 322 valence electrons. The minimum absolute atomic E-state index is 0.0160. The molecule has 4 atom stereocenters. The van der Waals surface area contributed by atoms with Gasteiger partial charge in [0.15, 0.2) is 11.9 Å². The molecule has 0 bridgehead atoms. The van der Waals surface area contributed by atoms with E-state index in [1.165, 1.54) is 83.5 Å². The van der Waals surface area contributed by atoms with Crippen molar-refractivity contribution in [2.75, 3.05) is 13.2 Å². The average Bonchev–Trinajstić information content (AvgIpc) is 3.52. The number of phosphoric ester groups is 1. The van der Waals surface area contributed by atoms with Gasteiger partial charge in [-0.05, 0) is 69.8 Å². The van der Waals surface area contributed by atoms with Crippen LogP contribution in [-0.2, 0) is 32.9 Å². The van der Waals surface area contributed by atoms with Gasteiger partial charge in [0.2, 0.25) is 0 Å². The Bertz CT molecular complexity index is 1190. The highest BCUT2D eigenvalue weighted by Gasteiger charge is 2.27. The number of allylic oxidation sites excluding steroid dienone is 7. The molecule has 1 aliphatic rings. The lowest BCUT2D eigenvalue weighted by atomic mass is 9.90. The highest BCUT2D eigenvalue weighted by atomic mass is 31.2. The van der Waals surface area contributed by atoms with Crippen LogP contribution in [0.5, 0.6) is 0 Å². The van der Waals surface area contributed by atoms with Crippen LogP contribution in [0.2, 0.25) is 0 Å². The number of esters is 2. The van der Waals surface area contributed by atoms with Gasteiger partial charge < -0.3 is 24.4 Å². The molecule has 0 aromatic carbocycles. The molecule has 10 nitrogen and oxygen atoms in total. The maximum atomic E-state index is 12.5. The lowest BCUT2D eigenvalue weighted by molar-refractivity contribution is -0.161. The quantitative estimate of drug-likeness (QED) is 0.0239. The maximum Gasteiger partial charge on any atom is 0.469 e. The molecule has 3 N–H and O–H groups in total. The van der Waals surface area contributed by atoms with Crippen LogP contribution in [0.25, 0.3) is 0 Å². The summed E-state index contributed by atoms with van der Waals surface area (Å²) >= 11 is 0. The van der Waals surface area contributed by atoms with E-state index in [2.05, 4.69) is 30.5 Å². The standard InChI is InChI=1S/C45H77O10P/c1-3-5-7-8-9-10-11-12-13-14-15-16-17-18-19-20-21-22-27-31-44(48)53-37-41(38-54-56(50,51)52)55-45(49)32-28-24-23-26-29-39-33-36-43(47)42(39)35-34-40(46)30-25-6-4-2/h12-13,23,26,33-36,39-42,46H,3-11,14-22,24-25,27-32,37-38H2,1-2H3,(H2,50,51,52)/b13-12-,26-23-,35-34+/t39-,40-,41+,42+/m0/s1. The van der Waals surface area contributed by atoms with Crippen LogP contribution in [0, 0.1) is 11.8 Å². The van der Waals surface area contributed by atoms with Gasteiger partial charge in [-0.2, -0.15) is 0 Å². The molecule has 56 heavy (non-hydrogen) atoms. The smallest absolute Gasteiger partial charge is 0.462 e. The predicted molar refractivity (Wildman–Crippen MR) is 225 cm³/mol. The first kappa shape index (κ1) is 51.7. The van der Waals surface area contributed by atoms with Crippen molar-refractivity contribution >= 4 is 25.5 Å². The molecule has 0 heterocycles. The summed E-state index contributed by atoms with van der Waals surface area (Å²) in [6.45, 7) is 3.42. The summed E-state index contributed by atoms with van der Waals surface area (Å²) in [7, 11) is -4.81. The van der Waals surface area contributed by atoms with Gasteiger partial charge in [0.05, 0.1) is 12.7 Å². The van der Waals surface area contributed by atoms with Crippen LogP contribution in [0.3, 0.4) is 0 Å². The van der Waals surface area contributed by atoms with E-state index in [4.69, 9.17) is 19.3 Å². The molecular weight excluding hydrogens is 731 g/mol. The van der Waals surface area contributed by atoms with E-state index < -0.39 is 38.6 Å². The fourth-order valence-corrected chi connectivity index (χ4v) is 7.01. The largest absolute Gasteiger partial charge is 0.469 e. The van der Waals surface area contributed by atoms with Crippen molar-refractivity contribution in [2.24, 2.45) is 11.8 Å². The Morgan fingerprint density at radius 2 is 1.25 bits per heavy atom. The number of ether oxygens (including phenoxy) is 2. The molecule has 0 aromatic heterocycles. The zero-order valence-electron chi connectivity index (χ0n) is 34.9. The van der Waals surface area contributed by atoms with Gasteiger partial charge >= 0.3 is 19.8 Å². The highest BCUT2D eigenvalue weighted by Crippen LogP contribution is 2.36. The molecule has 0 unspecified atom stereocenters. The van der Waals surface area contributed by atoms with E-state index in [0.717, 1.165) is 38.5 Å². The molecule has 0 aromatic rings. The Morgan fingerprint density at radius 1 is 0.714 bits per heavy atom. The zero-order valence-corrected chi connectivity index (χ0v) is 35.8. The summed E-state index contributed by atoms with van der Waals surface area (Å²) in [5, 5.41) is 10.2. The Hall–Kier alpha value is -2.36. The fraction of sp³-hybridized carbons (Fsp3) is 0.756. The minimum Gasteiger partial charge on any atom is -0.462 e. The summed E-state index contributed by atoms with van der Waals surface area (Å²) in [5.74, 6) is -1.28. The lowest BCUT2D eigenvalue weighted by Crippen LogP contribution is -2.29. The third kappa shape index (κ3) is 30.7. The average molecular weight is 809 g/mol.